The van der Waals surface area contributed by atoms with Gasteiger partial charge in [0.1, 0.15) is 39.9 Å². The van der Waals surface area contributed by atoms with Crippen LogP contribution in [0.2, 0.25) is 0 Å². The molecule has 11 nitrogen and oxygen atoms in total. The van der Waals surface area contributed by atoms with Crippen LogP contribution < -0.4 is 20.1 Å². The number of alkyl halides is 2. The largest absolute Gasteiger partial charge is 0.457 e. The normalized spacial score (nSPS) is 14.2. The number of aliphatic hydroxyl groups is 1. The molecule has 0 bridgehead atoms. The van der Waals surface area contributed by atoms with Crippen LogP contribution in [-0.4, -0.2) is 55.1 Å². The Morgan fingerprint density at radius 2 is 2.02 bits per heavy atom. The Balaban J connectivity index is 1.35. The van der Waals surface area contributed by atoms with Gasteiger partial charge in [-0.1, -0.05) is 0 Å². The van der Waals surface area contributed by atoms with E-state index < -0.39 is 23.9 Å². The van der Waals surface area contributed by atoms with Crippen molar-refractivity contribution in [2.45, 2.75) is 12.2 Å². The van der Waals surface area contributed by atoms with Gasteiger partial charge in [-0.15, -0.1) is 0 Å². The second-order valence-electron chi connectivity index (χ2n) is 9.41. The summed E-state index contributed by atoms with van der Waals surface area (Å²) in [6.07, 6.45) is 6.02. The first-order valence-corrected chi connectivity index (χ1v) is 12.3. The molecule has 0 spiro atoms. The Bertz CT molecular complexity index is 1770. The predicted molar refractivity (Wildman–Crippen MR) is 139 cm³/mol. The van der Waals surface area contributed by atoms with Crippen molar-refractivity contribution in [2.24, 2.45) is 7.05 Å². The van der Waals surface area contributed by atoms with Crippen molar-refractivity contribution >= 4 is 17.2 Å². The van der Waals surface area contributed by atoms with E-state index in [2.05, 4.69) is 25.8 Å². The zero-order valence-corrected chi connectivity index (χ0v) is 21.4. The summed E-state index contributed by atoms with van der Waals surface area (Å²) in [4.78, 5) is 17.3. The molecule has 1 aliphatic heterocycles. The van der Waals surface area contributed by atoms with Gasteiger partial charge in [-0.2, -0.15) is 19.0 Å². The molecule has 0 unspecified atom stereocenters. The highest BCUT2D eigenvalue weighted by Gasteiger charge is 2.37. The maximum absolute atomic E-state index is 14.4. The van der Waals surface area contributed by atoms with Gasteiger partial charge in [0.05, 0.1) is 17.4 Å². The van der Waals surface area contributed by atoms with Crippen LogP contribution in [0, 0.1) is 5.82 Å². The van der Waals surface area contributed by atoms with Gasteiger partial charge in [0.2, 0.25) is 0 Å². The summed E-state index contributed by atoms with van der Waals surface area (Å²) < 4.78 is 54.5. The number of rotatable bonds is 8. The summed E-state index contributed by atoms with van der Waals surface area (Å²) in [6, 6.07) is 9.55. The van der Waals surface area contributed by atoms with E-state index in [0.29, 0.717) is 11.2 Å². The molecular formula is C27H22F3N7O4. The van der Waals surface area contributed by atoms with Gasteiger partial charge < -0.3 is 25.2 Å². The van der Waals surface area contributed by atoms with Crippen LogP contribution in [0.1, 0.15) is 15.9 Å². The first-order chi connectivity index (χ1) is 19.7. The number of carbonyl (C=O) groups is 1. The van der Waals surface area contributed by atoms with Gasteiger partial charge in [-0.25, -0.2) is 13.9 Å². The lowest BCUT2D eigenvalue weighted by atomic mass is 9.88. The van der Waals surface area contributed by atoms with E-state index in [1.807, 2.05) is 0 Å². The summed E-state index contributed by atoms with van der Waals surface area (Å²) >= 11 is 0. The molecule has 2 aromatic carbocycles. The minimum atomic E-state index is -3.14. The fourth-order valence-corrected chi connectivity index (χ4v) is 4.50. The number of carbonyl (C=O) groups excluding carboxylic acids is 1. The maximum atomic E-state index is 14.4. The van der Waals surface area contributed by atoms with E-state index in [0.717, 1.165) is 6.07 Å². The maximum Gasteiger partial charge on any atom is 0.387 e. The molecule has 0 atom stereocenters. The quantitative estimate of drug-likeness (QED) is 0.260. The fourth-order valence-electron chi connectivity index (χ4n) is 4.50. The summed E-state index contributed by atoms with van der Waals surface area (Å²) in [7, 11) is 1.60. The number of halogens is 3. The fraction of sp³-hybridized carbons (Fsp3) is 0.185. The number of fused-ring (bicyclic) bond motifs is 1. The van der Waals surface area contributed by atoms with Crippen LogP contribution in [0.25, 0.3) is 16.9 Å². The van der Waals surface area contributed by atoms with Crippen molar-refractivity contribution in [1.29, 1.82) is 0 Å². The Hall–Kier alpha value is -4.95. The lowest BCUT2D eigenvalue weighted by Gasteiger charge is -2.38. The zero-order chi connectivity index (χ0) is 28.7. The number of hydrogen-bond donors (Lipinski definition) is 3. The van der Waals surface area contributed by atoms with Gasteiger partial charge >= 0.3 is 6.61 Å². The van der Waals surface area contributed by atoms with Crippen molar-refractivity contribution in [3.8, 4) is 28.5 Å². The highest BCUT2D eigenvalue weighted by molar-refractivity contribution is 6.09. The van der Waals surface area contributed by atoms with Crippen LogP contribution in [0.5, 0.6) is 17.2 Å². The van der Waals surface area contributed by atoms with Gasteiger partial charge in [-0.3, -0.25) is 9.48 Å². The Labute approximate surface area is 230 Å². The molecule has 1 fully saturated rings. The van der Waals surface area contributed by atoms with E-state index in [4.69, 9.17) is 9.47 Å². The molecule has 14 heteroatoms. The van der Waals surface area contributed by atoms with Crippen molar-refractivity contribution < 1.29 is 32.5 Å². The van der Waals surface area contributed by atoms with Gasteiger partial charge in [0.25, 0.3) is 5.91 Å². The van der Waals surface area contributed by atoms with E-state index in [1.54, 1.807) is 19.3 Å². The second kappa shape index (κ2) is 10.2. The number of β-amino-alcohol motifs (C(OH)–C–C–N with tert-alkyl or cyclic N) is 1. The average molecular weight is 566 g/mol. The van der Waals surface area contributed by atoms with Gasteiger partial charge in [-0.05, 0) is 42.0 Å². The number of nitrogens with zero attached hydrogens (tertiary/aromatic N) is 5. The molecule has 0 radical (unpaired) electrons. The van der Waals surface area contributed by atoms with Crippen molar-refractivity contribution in [3.05, 3.63) is 84.2 Å². The van der Waals surface area contributed by atoms with Crippen molar-refractivity contribution in [3.63, 3.8) is 0 Å². The molecule has 6 rings (SSSR count). The Morgan fingerprint density at radius 1 is 1.20 bits per heavy atom. The summed E-state index contributed by atoms with van der Waals surface area (Å²) in [5, 5.41) is 24.8. The zero-order valence-electron chi connectivity index (χ0n) is 21.4. The number of aryl methyl sites for hydroxylation is 1. The molecule has 1 saturated heterocycles. The van der Waals surface area contributed by atoms with Crippen molar-refractivity contribution in [2.75, 3.05) is 18.4 Å². The molecule has 0 saturated carbocycles. The molecule has 1 amide bonds. The summed E-state index contributed by atoms with van der Waals surface area (Å²) in [5.74, 6) is -1.16. The summed E-state index contributed by atoms with van der Waals surface area (Å²) in [6.45, 7) is -2.62. The standard InChI is InChI=1S/C27H22F3N7O4/c1-36-12-21(34-25(38)20-11-33-37-6-2-5-32-24(20)37)23(35-36)19-10-17(3-4-22(19)41-26(29)30)40-18-8-15(7-16(28)9-18)27(39)13-31-14-27/h2-12,26,31,39H,13-14H2,1H3,(H,34,38). The lowest BCUT2D eigenvalue weighted by molar-refractivity contribution is -0.0494. The molecule has 3 N–H and O–H groups in total. The van der Waals surface area contributed by atoms with Gasteiger partial charge in [0, 0.05) is 44.8 Å². The first-order valence-electron chi connectivity index (χ1n) is 12.3. The molecule has 4 heterocycles. The molecule has 3 aromatic heterocycles. The molecule has 41 heavy (non-hydrogen) atoms. The number of amides is 1. The van der Waals surface area contributed by atoms with Crippen LogP contribution in [0.15, 0.2) is 67.3 Å². The number of anilines is 1. The minimum Gasteiger partial charge on any atom is -0.457 e. The van der Waals surface area contributed by atoms with Crippen LogP contribution >= 0.6 is 0 Å². The van der Waals surface area contributed by atoms with Crippen LogP contribution in [0.4, 0.5) is 18.9 Å². The van der Waals surface area contributed by atoms with E-state index in [-0.39, 0.29) is 52.8 Å². The number of benzene rings is 2. The van der Waals surface area contributed by atoms with Crippen molar-refractivity contribution in [1.82, 2.24) is 29.7 Å². The monoisotopic (exact) mass is 565 g/mol. The number of hydrogen-bond acceptors (Lipinski definition) is 8. The van der Waals surface area contributed by atoms with E-state index in [9.17, 15) is 23.1 Å². The smallest absolute Gasteiger partial charge is 0.387 e. The first kappa shape index (κ1) is 26.3. The third-order valence-electron chi connectivity index (χ3n) is 6.50. The molecule has 0 aliphatic carbocycles. The molecule has 1 aliphatic rings. The number of ether oxygens (including phenoxy) is 2. The number of aromatic nitrogens is 5. The average Bonchev–Trinajstić information content (AvgIpc) is 3.50. The molecule has 5 aromatic rings. The van der Waals surface area contributed by atoms with E-state index in [1.165, 1.54) is 58.1 Å². The highest BCUT2D eigenvalue weighted by atomic mass is 19.3. The highest BCUT2D eigenvalue weighted by Crippen LogP contribution is 2.39. The second-order valence-corrected chi connectivity index (χ2v) is 9.41. The predicted octanol–water partition coefficient (Wildman–Crippen LogP) is 3.71. The third-order valence-corrected chi connectivity index (χ3v) is 6.50. The lowest BCUT2D eigenvalue weighted by Crippen LogP contribution is -2.56. The Kier molecular flexibility index (Phi) is 6.55. The molecule has 210 valence electrons. The SMILES string of the molecule is Cn1cc(NC(=O)c2cnn3cccnc23)c(-c2cc(Oc3cc(F)cc(C4(O)CNC4)c3)ccc2OC(F)F)n1. The van der Waals surface area contributed by atoms with E-state index >= 15 is 0 Å². The topological polar surface area (TPSA) is 128 Å². The Morgan fingerprint density at radius 3 is 2.78 bits per heavy atom. The summed E-state index contributed by atoms with van der Waals surface area (Å²) in [5.41, 5.74) is 0.00287. The van der Waals surface area contributed by atoms with Gasteiger partial charge in [0.15, 0.2) is 5.65 Å². The van der Waals surface area contributed by atoms with Crippen LogP contribution in [-0.2, 0) is 12.6 Å². The third kappa shape index (κ3) is 5.17. The van der Waals surface area contributed by atoms with Crippen LogP contribution in [0.3, 0.4) is 0 Å². The number of nitrogens with one attached hydrogen (secondary N) is 2. The minimum absolute atomic E-state index is 0.0788. The molecular weight excluding hydrogens is 543 g/mol.